The molecule has 0 radical (unpaired) electrons. The summed E-state index contributed by atoms with van der Waals surface area (Å²) in [6.07, 6.45) is -4.20. The van der Waals surface area contributed by atoms with E-state index in [-0.39, 0.29) is 18.6 Å². The molecule has 2 N–H and O–H groups in total. The lowest BCUT2D eigenvalue weighted by Crippen LogP contribution is -2.80. The van der Waals surface area contributed by atoms with Crippen molar-refractivity contribution in [3.05, 3.63) is 47.5 Å². The van der Waals surface area contributed by atoms with E-state index in [1.807, 2.05) is 13.8 Å². The molecule has 202 valence electrons. The van der Waals surface area contributed by atoms with Gasteiger partial charge in [0.05, 0.1) is 29.6 Å². The summed E-state index contributed by atoms with van der Waals surface area (Å²) in [4.78, 5) is 39.7. The van der Waals surface area contributed by atoms with Crippen LogP contribution in [-0.2, 0) is 28.5 Å². The van der Waals surface area contributed by atoms with Gasteiger partial charge in [-0.15, -0.1) is 0 Å². The van der Waals surface area contributed by atoms with E-state index < -0.39 is 70.8 Å². The number of Topliss-reactive ketones (excluding diaryl/α,β-unsaturated/α-hetero) is 1. The van der Waals surface area contributed by atoms with Gasteiger partial charge in [0.2, 0.25) is 0 Å². The molecule has 9 atom stereocenters. The van der Waals surface area contributed by atoms with Gasteiger partial charge >= 0.3 is 11.9 Å². The highest BCUT2D eigenvalue weighted by atomic mass is 16.6. The predicted molar refractivity (Wildman–Crippen MR) is 132 cm³/mol. The van der Waals surface area contributed by atoms with Crippen LogP contribution in [0, 0.1) is 11.3 Å². The van der Waals surface area contributed by atoms with Gasteiger partial charge < -0.3 is 29.2 Å². The fourth-order valence-corrected chi connectivity index (χ4v) is 6.49. The molecule has 0 aromatic heterocycles. The van der Waals surface area contributed by atoms with Crippen LogP contribution in [0.4, 0.5) is 0 Å². The number of ketones is 1. The Balaban J connectivity index is 1.94. The highest BCUT2D eigenvalue weighted by Crippen LogP contribution is 2.58. The number of esters is 2. The van der Waals surface area contributed by atoms with Gasteiger partial charge in [-0.25, -0.2) is 4.79 Å². The smallest absolute Gasteiger partial charge is 0.338 e. The van der Waals surface area contributed by atoms with Gasteiger partial charge in [0.1, 0.15) is 30.0 Å². The summed E-state index contributed by atoms with van der Waals surface area (Å²) >= 11 is 0. The predicted octanol–water partition coefficient (Wildman–Crippen LogP) is 2.37. The Morgan fingerprint density at radius 2 is 1.76 bits per heavy atom. The average Bonchev–Trinajstić information content (AvgIpc) is 2.82. The van der Waals surface area contributed by atoms with Crippen LogP contribution in [0.25, 0.3) is 0 Å². The van der Waals surface area contributed by atoms with Crippen molar-refractivity contribution in [3.8, 4) is 0 Å². The van der Waals surface area contributed by atoms with Crippen molar-refractivity contribution in [2.24, 2.45) is 11.3 Å². The summed E-state index contributed by atoms with van der Waals surface area (Å²) in [6, 6.07) is 8.25. The number of allylic oxidation sites excluding steroid dienone is 1. The molecule has 4 rings (SSSR count). The Bertz CT molecular complexity index is 1100. The van der Waals surface area contributed by atoms with Crippen LogP contribution in [0.5, 0.6) is 0 Å². The molecule has 3 fully saturated rings. The molecule has 0 spiro atoms. The lowest BCUT2D eigenvalue weighted by Gasteiger charge is -2.64. The molecule has 2 aliphatic heterocycles. The van der Waals surface area contributed by atoms with Crippen LogP contribution in [0.3, 0.4) is 0 Å². The lowest BCUT2D eigenvalue weighted by molar-refractivity contribution is -0.341. The van der Waals surface area contributed by atoms with E-state index in [0.29, 0.717) is 0 Å². The third kappa shape index (κ3) is 4.41. The number of hydrogen-bond acceptors (Lipinski definition) is 9. The second-order valence-corrected chi connectivity index (χ2v) is 11.1. The maximum absolute atomic E-state index is 14.0. The zero-order chi connectivity index (χ0) is 27.3. The second kappa shape index (κ2) is 9.62. The standard InChI is InChI=1S/C28H36O9/c1-15(2)13-26(5)24(32)21(35-25(33)18-10-8-7-9-11-18)22-27(6,23(31)16(3)36-26)19(30)12-20-28(22,14-34-20)37-17(4)29/h7-11,13,16,19-22,24,30,32H,12,14H2,1-6H3/t16-,19+,20?,21+,22+,24-,26?,27-,28+/m1/s1. The fourth-order valence-electron chi connectivity index (χ4n) is 6.49. The minimum absolute atomic E-state index is 0.0272. The molecule has 2 saturated heterocycles. The van der Waals surface area contributed by atoms with Crippen LogP contribution < -0.4 is 0 Å². The molecule has 0 bridgehead atoms. The quantitative estimate of drug-likeness (QED) is 0.458. The monoisotopic (exact) mass is 516 g/mol. The molecule has 3 aliphatic rings. The molecule has 1 aromatic rings. The summed E-state index contributed by atoms with van der Waals surface area (Å²) < 4.78 is 23.8. The molecule has 0 amide bonds. The van der Waals surface area contributed by atoms with Gasteiger partial charge in [0.15, 0.2) is 11.4 Å². The molecular formula is C28H36O9. The maximum Gasteiger partial charge on any atom is 0.338 e. The molecule has 37 heavy (non-hydrogen) atoms. The summed E-state index contributed by atoms with van der Waals surface area (Å²) in [5.74, 6) is -2.91. The molecule has 9 heteroatoms. The molecule has 1 saturated carbocycles. The Labute approximate surface area is 216 Å². The van der Waals surface area contributed by atoms with Crippen molar-refractivity contribution >= 4 is 17.7 Å². The summed E-state index contributed by atoms with van der Waals surface area (Å²) in [6.45, 7) is 9.57. The first kappa shape index (κ1) is 27.4. The maximum atomic E-state index is 14.0. The number of ether oxygens (including phenoxy) is 4. The number of carbonyl (C=O) groups is 3. The number of rotatable bonds is 4. The first-order chi connectivity index (χ1) is 17.3. The number of aliphatic hydroxyl groups is 2. The number of aliphatic hydroxyl groups excluding tert-OH is 2. The highest BCUT2D eigenvalue weighted by Gasteiger charge is 2.74. The minimum Gasteiger partial charge on any atom is -0.455 e. The van der Waals surface area contributed by atoms with Crippen LogP contribution in [-0.4, -0.2) is 76.3 Å². The van der Waals surface area contributed by atoms with Gasteiger partial charge in [-0.05, 0) is 46.8 Å². The van der Waals surface area contributed by atoms with Crippen LogP contribution in [0.2, 0.25) is 0 Å². The Morgan fingerprint density at radius 3 is 2.30 bits per heavy atom. The SMILES string of the molecule is CC(=O)O[C@@]12COC1C[C@H](O)[C@@]1(C)C(=O)[C@@H](C)OC(C)(C=C(C)C)[C@H](O)[C@@H](OC(=O)c3ccccc3)[C@@H]12. The number of carbonyl (C=O) groups excluding carboxylic acids is 3. The van der Waals surface area contributed by atoms with E-state index in [0.717, 1.165) is 5.57 Å². The van der Waals surface area contributed by atoms with E-state index in [4.69, 9.17) is 18.9 Å². The van der Waals surface area contributed by atoms with E-state index in [1.165, 1.54) is 6.92 Å². The summed E-state index contributed by atoms with van der Waals surface area (Å²) in [7, 11) is 0. The van der Waals surface area contributed by atoms with Gasteiger partial charge in [0.25, 0.3) is 0 Å². The van der Waals surface area contributed by atoms with Crippen molar-refractivity contribution in [2.75, 3.05) is 6.61 Å². The van der Waals surface area contributed by atoms with Crippen LogP contribution in [0.1, 0.15) is 58.3 Å². The van der Waals surface area contributed by atoms with Gasteiger partial charge in [-0.2, -0.15) is 0 Å². The zero-order valence-electron chi connectivity index (χ0n) is 22.1. The van der Waals surface area contributed by atoms with Crippen molar-refractivity contribution in [2.45, 2.75) is 89.7 Å². The molecule has 1 aliphatic carbocycles. The lowest BCUT2D eigenvalue weighted by atomic mass is 9.51. The number of benzene rings is 1. The van der Waals surface area contributed by atoms with Crippen molar-refractivity contribution < 1.29 is 43.5 Å². The topological polar surface area (TPSA) is 129 Å². The second-order valence-electron chi connectivity index (χ2n) is 11.1. The largest absolute Gasteiger partial charge is 0.455 e. The van der Waals surface area contributed by atoms with Gasteiger partial charge in [-0.3, -0.25) is 9.59 Å². The first-order valence-corrected chi connectivity index (χ1v) is 12.6. The normalized spacial score (nSPS) is 41.1. The Morgan fingerprint density at radius 1 is 1.11 bits per heavy atom. The van der Waals surface area contributed by atoms with Crippen molar-refractivity contribution in [1.82, 2.24) is 0 Å². The van der Waals surface area contributed by atoms with Gasteiger partial charge in [-0.1, -0.05) is 29.8 Å². The molecule has 9 nitrogen and oxygen atoms in total. The van der Waals surface area contributed by atoms with Gasteiger partial charge in [0, 0.05) is 13.3 Å². The zero-order valence-corrected chi connectivity index (χ0v) is 22.1. The van der Waals surface area contributed by atoms with Crippen molar-refractivity contribution in [3.63, 3.8) is 0 Å². The molecule has 2 heterocycles. The van der Waals surface area contributed by atoms with E-state index in [1.54, 1.807) is 57.2 Å². The Hall–Kier alpha value is -2.59. The Kier molecular flexibility index (Phi) is 7.13. The first-order valence-electron chi connectivity index (χ1n) is 12.6. The van der Waals surface area contributed by atoms with Crippen LogP contribution in [0.15, 0.2) is 42.0 Å². The van der Waals surface area contributed by atoms with E-state index >= 15 is 0 Å². The molecule has 2 unspecified atom stereocenters. The third-order valence-electron chi connectivity index (χ3n) is 8.08. The van der Waals surface area contributed by atoms with Crippen LogP contribution >= 0.6 is 0 Å². The molecular weight excluding hydrogens is 480 g/mol. The van der Waals surface area contributed by atoms with E-state index in [2.05, 4.69) is 0 Å². The highest BCUT2D eigenvalue weighted by molar-refractivity contribution is 5.91. The summed E-state index contributed by atoms with van der Waals surface area (Å²) in [5, 5.41) is 23.3. The van der Waals surface area contributed by atoms with E-state index in [9.17, 15) is 24.6 Å². The number of hydrogen-bond donors (Lipinski definition) is 2. The number of fused-ring (bicyclic) bond motifs is 3. The minimum atomic E-state index is -1.59. The summed E-state index contributed by atoms with van der Waals surface area (Å²) in [5.41, 5.74) is -3.40. The average molecular weight is 517 g/mol. The fraction of sp³-hybridized carbons (Fsp3) is 0.607. The van der Waals surface area contributed by atoms with Crippen molar-refractivity contribution in [1.29, 1.82) is 0 Å². The third-order valence-corrected chi connectivity index (χ3v) is 8.08. The molecule has 1 aromatic carbocycles.